The first-order chi connectivity index (χ1) is 6.79. The summed E-state index contributed by atoms with van der Waals surface area (Å²) in [5.41, 5.74) is 1.29. The highest BCUT2D eigenvalue weighted by Crippen LogP contribution is 2.01. The minimum Gasteiger partial charge on any atom is -0.381 e. The van der Waals surface area contributed by atoms with Gasteiger partial charge in [0.1, 0.15) is 0 Å². The summed E-state index contributed by atoms with van der Waals surface area (Å²) >= 11 is 0. The third-order valence-electron chi connectivity index (χ3n) is 1.93. The summed E-state index contributed by atoms with van der Waals surface area (Å²) in [6.07, 6.45) is 5.87. The highest BCUT2D eigenvalue weighted by atomic mass is 16.5. The topological polar surface area (TPSA) is 22.1 Å². The summed E-state index contributed by atoms with van der Waals surface area (Å²) < 4.78 is 5.50. The van der Waals surface area contributed by atoms with E-state index < -0.39 is 0 Å². The molecule has 78 valence electrons. The van der Waals surface area contributed by atoms with Crippen LogP contribution in [0.1, 0.15) is 25.8 Å². The normalized spacial score (nSPS) is 10.8. The van der Waals surface area contributed by atoms with Gasteiger partial charge in [0.15, 0.2) is 0 Å². The number of nitrogens with zero attached hydrogens (tertiary/aromatic N) is 1. The third-order valence-corrected chi connectivity index (χ3v) is 1.93. The zero-order valence-corrected chi connectivity index (χ0v) is 9.07. The van der Waals surface area contributed by atoms with E-state index in [0.717, 1.165) is 26.1 Å². The van der Waals surface area contributed by atoms with Gasteiger partial charge >= 0.3 is 0 Å². The summed E-state index contributed by atoms with van der Waals surface area (Å²) in [6, 6.07) is 4.08. The van der Waals surface area contributed by atoms with E-state index in [-0.39, 0.29) is 0 Å². The van der Waals surface area contributed by atoms with Crippen LogP contribution < -0.4 is 0 Å². The fourth-order valence-corrected chi connectivity index (χ4v) is 1.24. The summed E-state index contributed by atoms with van der Waals surface area (Å²) in [6.45, 7) is 6.06. The Morgan fingerprint density at radius 1 is 1.43 bits per heavy atom. The maximum absolute atomic E-state index is 5.50. The Balaban J connectivity index is 2.05. The second-order valence-corrected chi connectivity index (χ2v) is 3.93. The zero-order valence-electron chi connectivity index (χ0n) is 9.07. The van der Waals surface area contributed by atoms with Crippen LogP contribution in [-0.2, 0) is 11.2 Å². The van der Waals surface area contributed by atoms with Gasteiger partial charge in [-0.3, -0.25) is 4.98 Å². The van der Waals surface area contributed by atoms with Crippen molar-refractivity contribution in [3.63, 3.8) is 0 Å². The Labute approximate surface area is 86.3 Å². The minimum absolute atomic E-state index is 0.633. The van der Waals surface area contributed by atoms with Crippen molar-refractivity contribution in [2.24, 2.45) is 5.92 Å². The van der Waals surface area contributed by atoms with E-state index in [4.69, 9.17) is 4.74 Å². The second kappa shape index (κ2) is 6.55. The predicted molar refractivity (Wildman–Crippen MR) is 58.2 cm³/mol. The molecule has 0 unspecified atom stereocenters. The predicted octanol–water partition coefficient (Wildman–Crippen LogP) is 2.69. The maximum atomic E-state index is 5.50. The quantitative estimate of drug-likeness (QED) is 0.648. The molecule has 0 aliphatic rings. The molecular formula is C12H19NO. The van der Waals surface area contributed by atoms with E-state index in [1.54, 1.807) is 6.20 Å². The molecule has 0 spiro atoms. The average molecular weight is 193 g/mol. The summed E-state index contributed by atoms with van der Waals surface area (Å²) in [5.74, 6) is 0.633. The summed E-state index contributed by atoms with van der Waals surface area (Å²) in [4.78, 5) is 4.07. The van der Waals surface area contributed by atoms with Crippen molar-refractivity contribution in [1.29, 1.82) is 0 Å². The maximum Gasteiger partial charge on any atom is 0.0488 e. The van der Waals surface area contributed by atoms with Crippen molar-refractivity contribution in [3.05, 3.63) is 30.1 Å². The SMILES string of the molecule is CC(C)COCCCc1cccnc1. The summed E-state index contributed by atoms with van der Waals surface area (Å²) in [5, 5.41) is 0. The van der Waals surface area contributed by atoms with Crippen LogP contribution >= 0.6 is 0 Å². The molecule has 0 fully saturated rings. The zero-order chi connectivity index (χ0) is 10.2. The Kier molecular flexibility index (Phi) is 5.23. The lowest BCUT2D eigenvalue weighted by Gasteiger charge is -2.06. The van der Waals surface area contributed by atoms with Crippen LogP contribution in [0.2, 0.25) is 0 Å². The molecule has 1 rings (SSSR count). The van der Waals surface area contributed by atoms with Crippen molar-refractivity contribution in [3.8, 4) is 0 Å². The van der Waals surface area contributed by atoms with Gasteiger partial charge in [-0.05, 0) is 30.4 Å². The number of pyridine rings is 1. The molecule has 1 aromatic heterocycles. The lowest BCUT2D eigenvalue weighted by Crippen LogP contribution is -2.03. The van der Waals surface area contributed by atoms with Crippen molar-refractivity contribution in [2.75, 3.05) is 13.2 Å². The van der Waals surface area contributed by atoms with Gasteiger partial charge in [0.05, 0.1) is 0 Å². The fourth-order valence-electron chi connectivity index (χ4n) is 1.24. The molecule has 1 heterocycles. The smallest absolute Gasteiger partial charge is 0.0488 e. The van der Waals surface area contributed by atoms with Gasteiger partial charge in [0, 0.05) is 25.6 Å². The first-order valence-electron chi connectivity index (χ1n) is 5.25. The monoisotopic (exact) mass is 193 g/mol. The standard InChI is InChI=1S/C12H19NO/c1-11(2)10-14-8-4-6-12-5-3-7-13-9-12/h3,5,7,9,11H,4,6,8,10H2,1-2H3. The Bertz CT molecular complexity index is 233. The van der Waals surface area contributed by atoms with Crippen molar-refractivity contribution in [2.45, 2.75) is 26.7 Å². The second-order valence-electron chi connectivity index (χ2n) is 3.93. The number of aryl methyl sites for hydroxylation is 1. The molecular weight excluding hydrogens is 174 g/mol. The molecule has 1 aromatic rings. The van der Waals surface area contributed by atoms with Crippen LogP contribution in [0.15, 0.2) is 24.5 Å². The molecule has 0 atom stereocenters. The lowest BCUT2D eigenvalue weighted by molar-refractivity contribution is 0.108. The lowest BCUT2D eigenvalue weighted by atomic mass is 10.2. The van der Waals surface area contributed by atoms with Gasteiger partial charge in [-0.15, -0.1) is 0 Å². The molecule has 2 nitrogen and oxygen atoms in total. The van der Waals surface area contributed by atoms with Gasteiger partial charge < -0.3 is 4.74 Å². The fraction of sp³-hybridized carbons (Fsp3) is 0.583. The Morgan fingerprint density at radius 3 is 2.93 bits per heavy atom. The van der Waals surface area contributed by atoms with Gasteiger partial charge in [-0.1, -0.05) is 19.9 Å². The number of hydrogen-bond acceptors (Lipinski definition) is 2. The molecule has 0 aliphatic carbocycles. The van der Waals surface area contributed by atoms with Gasteiger partial charge in [-0.25, -0.2) is 0 Å². The van der Waals surface area contributed by atoms with Crippen molar-refractivity contribution in [1.82, 2.24) is 4.98 Å². The molecule has 0 saturated heterocycles. The van der Waals surface area contributed by atoms with E-state index in [1.165, 1.54) is 5.56 Å². The number of hydrogen-bond donors (Lipinski definition) is 0. The Morgan fingerprint density at radius 2 is 2.29 bits per heavy atom. The molecule has 0 radical (unpaired) electrons. The highest BCUT2D eigenvalue weighted by molar-refractivity contribution is 5.08. The van der Waals surface area contributed by atoms with Gasteiger partial charge in [-0.2, -0.15) is 0 Å². The molecule has 2 heteroatoms. The van der Waals surface area contributed by atoms with Crippen LogP contribution in [0.3, 0.4) is 0 Å². The highest BCUT2D eigenvalue weighted by Gasteiger charge is 1.95. The number of rotatable bonds is 6. The van der Waals surface area contributed by atoms with Crippen molar-refractivity contribution < 1.29 is 4.74 Å². The third kappa shape index (κ3) is 4.97. The summed E-state index contributed by atoms with van der Waals surface area (Å²) in [7, 11) is 0. The largest absolute Gasteiger partial charge is 0.381 e. The molecule has 0 saturated carbocycles. The molecule has 0 aromatic carbocycles. The van der Waals surface area contributed by atoms with E-state index in [9.17, 15) is 0 Å². The van der Waals surface area contributed by atoms with E-state index in [0.29, 0.717) is 5.92 Å². The number of ether oxygens (including phenoxy) is 1. The van der Waals surface area contributed by atoms with Crippen molar-refractivity contribution >= 4 is 0 Å². The number of aromatic nitrogens is 1. The Hall–Kier alpha value is -0.890. The van der Waals surface area contributed by atoms with Gasteiger partial charge in [0.25, 0.3) is 0 Å². The van der Waals surface area contributed by atoms with Crippen LogP contribution in [-0.4, -0.2) is 18.2 Å². The van der Waals surface area contributed by atoms with Crippen LogP contribution in [0.25, 0.3) is 0 Å². The van der Waals surface area contributed by atoms with Crippen LogP contribution in [0.4, 0.5) is 0 Å². The van der Waals surface area contributed by atoms with E-state index in [1.807, 2.05) is 12.3 Å². The first-order valence-corrected chi connectivity index (χ1v) is 5.25. The molecule has 14 heavy (non-hydrogen) atoms. The van der Waals surface area contributed by atoms with Gasteiger partial charge in [0.2, 0.25) is 0 Å². The van der Waals surface area contributed by atoms with Crippen LogP contribution in [0, 0.1) is 5.92 Å². The molecule has 0 aliphatic heterocycles. The molecule has 0 N–H and O–H groups in total. The molecule has 0 bridgehead atoms. The first kappa shape index (κ1) is 11.2. The van der Waals surface area contributed by atoms with Crippen LogP contribution in [0.5, 0.6) is 0 Å². The minimum atomic E-state index is 0.633. The molecule has 0 amide bonds. The van der Waals surface area contributed by atoms with E-state index >= 15 is 0 Å². The average Bonchev–Trinajstić information content (AvgIpc) is 2.18. The van der Waals surface area contributed by atoms with E-state index in [2.05, 4.69) is 24.9 Å².